The van der Waals surface area contributed by atoms with Crippen LogP contribution in [-0.4, -0.2) is 17.5 Å². The molecule has 1 heterocycles. The Balaban J connectivity index is 1.87. The third-order valence-corrected chi connectivity index (χ3v) is 4.61. The van der Waals surface area contributed by atoms with Gasteiger partial charge in [0.05, 0.1) is 0 Å². The van der Waals surface area contributed by atoms with Crippen molar-refractivity contribution < 1.29 is 0 Å². The van der Waals surface area contributed by atoms with Crippen molar-refractivity contribution in [2.45, 2.75) is 20.4 Å². The first kappa shape index (κ1) is 13.0. The number of rotatable bonds is 2. The molecule has 1 aromatic carbocycles. The number of halogens is 1. The average Bonchev–Trinajstić information content (AvgIpc) is 2.30. The van der Waals surface area contributed by atoms with Gasteiger partial charge in [-0.3, -0.25) is 4.99 Å². The topological polar surface area (TPSA) is 24.4 Å². The molecule has 92 valence electrons. The molecule has 0 aromatic heterocycles. The van der Waals surface area contributed by atoms with Crippen molar-refractivity contribution in [2.75, 3.05) is 12.3 Å². The second kappa shape index (κ2) is 5.44. The zero-order valence-corrected chi connectivity index (χ0v) is 12.6. The number of benzene rings is 1. The number of nitrogens with one attached hydrogen (secondary N) is 1. The molecule has 0 saturated heterocycles. The van der Waals surface area contributed by atoms with Gasteiger partial charge in [-0.25, -0.2) is 0 Å². The van der Waals surface area contributed by atoms with Gasteiger partial charge in [0.25, 0.3) is 0 Å². The summed E-state index contributed by atoms with van der Waals surface area (Å²) in [7, 11) is 0. The van der Waals surface area contributed by atoms with Gasteiger partial charge in [-0.1, -0.05) is 53.7 Å². The zero-order chi connectivity index (χ0) is 12.3. The monoisotopic (exact) mass is 312 g/mol. The van der Waals surface area contributed by atoms with Crippen LogP contribution in [0.25, 0.3) is 0 Å². The van der Waals surface area contributed by atoms with Crippen LogP contribution in [0.4, 0.5) is 0 Å². The van der Waals surface area contributed by atoms with Gasteiger partial charge in [-0.05, 0) is 23.1 Å². The van der Waals surface area contributed by atoms with Crippen LogP contribution in [-0.2, 0) is 6.54 Å². The van der Waals surface area contributed by atoms with Crippen LogP contribution in [0.5, 0.6) is 0 Å². The molecule has 4 heteroatoms. The van der Waals surface area contributed by atoms with E-state index in [1.807, 2.05) is 11.8 Å². The Morgan fingerprint density at radius 1 is 1.35 bits per heavy atom. The predicted molar refractivity (Wildman–Crippen MR) is 79.5 cm³/mol. The summed E-state index contributed by atoms with van der Waals surface area (Å²) >= 11 is 5.26. The molecule has 0 atom stereocenters. The van der Waals surface area contributed by atoms with Gasteiger partial charge in [-0.15, -0.1) is 0 Å². The summed E-state index contributed by atoms with van der Waals surface area (Å²) in [4.78, 5) is 4.57. The van der Waals surface area contributed by atoms with Crippen molar-refractivity contribution in [3.8, 4) is 0 Å². The minimum absolute atomic E-state index is 0.341. The summed E-state index contributed by atoms with van der Waals surface area (Å²) in [6.45, 7) is 6.28. The molecule has 1 N–H and O–H groups in total. The van der Waals surface area contributed by atoms with E-state index in [-0.39, 0.29) is 0 Å². The van der Waals surface area contributed by atoms with Gasteiger partial charge in [-0.2, -0.15) is 0 Å². The van der Waals surface area contributed by atoms with E-state index in [2.05, 4.69) is 64.4 Å². The molecular weight excluding hydrogens is 296 g/mol. The molecule has 0 aliphatic carbocycles. The highest BCUT2D eigenvalue weighted by atomic mass is 79.9. The number of aliphatic imine (C=N–C) groups is 1. The SMILES string of the molecule is CC1(C)CN=C(NCc2ccc(Br)cc2)SC1. The summed E-state index contributed by atoms with van der Waals surface area (Å²) in [5.41, 5.74) is 1.62. The standard InChI is InChI=1S/C13H17BrN2S/c1-13(2)8-16-12(17-9-13)15-7-10-3-5-11(14)6-4-10/h3-6H,7-9H2,1-2H3,(H,15,16). The first-order valence-corrected chi connectivity index (χ1v) is 7.49. The maximum atomic E-state index is 4.57. The van der Waals surface area contributed by atoms with E-state index in [4.69, 9.17) is 0 Å². The molecule has 1 aromatic rings. The van der Waals surface area contributed by atoms with Crippen LogP contribution < -0.4 is 5.32 Å². The Morgan fingerprint density at radius 3 is 2.65 bits per heavy atom. The number of amidine groups is 1. The van der Waals surface area contributed by atoms with Crippen molar-refractivity contribution in [1.82, 2.24) is 5.32 Å². The lowest BCUT2D eigenvalue weighted by molar-refractivity contribution is 0.436. The molecule has 2 rings (SSSR count). The number of hydrogen-bond acceptors (Lipinski definition) is 3. The second-order valence-corrected chi connectivity index (χ2v) is 6.93. The molecule has 0 fully saturated rings. The summed E-state index contributed by atoms with van der Waals surface area (Å²) in [5.74, 6) is 1.14. The van der Waals surface area contributed by atoms with Crippen LogP contribution in [0, 0.1) is 5.41 Å². The van der Waals surface area contributed by atoms with Gasteiger partial charge < -0.3 is 5.32 Å². The number of hydrogen-bond donors (Lipinski definition) is 1. The molecule has 17 heavy (non-hydrogen) atoms. The maximum Gasteiger partial charge on any atom is 0.156 e. The van der Waals surface area contributed by atoms with E-state index in [9.17, 15) is 0 Å². The fourth-order valence-corrected chi connectivity index (χ4v) is 2.74. The Labute approximate surface area is 115 Å². The lowest BCUT2D eigenvalue weighted by Gasteiger charge is -2.27. The molecule has 0 spiro atoms. The van der Waals surface area contributed by atoms with Gasteiger partial charge in [0, 0.05) is 23.3 Å². The Kier molecular flexibility index (Phi) is 4.15. The lowest BCUT2D eigenvalue weighted by Crippen LogP contribution is -2.30. The largest absolute Gasteiger partial charge is 0.361 e. The van der Waals surface area contributed by atoms with Crippen molar-refractivity contribution in [3.05, 3.63) is 34.3 Å². The third-order valence-electron chi connectivity index (χ3n) is 2.61. The number of nitrogens with zero attached hydrogens (tertiary/aromatic N) is 1. The van der Waals surface area contributed by atoms with Gasteiger partial charge in [0.15, 0.2) is 5.17 Å². The Morgan fingerprint density at radius 2 is 2.06 bits per heavy atom. The van der Waals surface area contributed by atoms with E-state index in [0.29, 0.717) is 5.41 Å². The van der Waals surface area contributed by atoms with Crippen LogP contribution in [0.15, 0.2) is 33.7 Å². The molecule has 0 bridgehead atoms. The van der Waals surface area contributed by atoms with E-state index in [1.54, 1.807) is 0 Å². The smallest absolute Gasteiger partial charge is 0.156 e. The Bertz CT molecular complexity index is 412. The molecule has 0 saturated carbocycles. The molecule has 1 aliphatic heterocycles. The van der Waals surface area contributed by atoms with Crippen LogP contribution in [0.1, 0.15) is 19.4 Å². The van der Waals surface area contributed by atoms with Gasteiger partial charge >= 0.3 is 0 Å². The highest BCUT2D eigenvalue weighted by Crippen LogP contribution is 2.27. The molecule has 0 amide bonds. The highest BCUT2D eigenvalue weighted by molar-refractivity contribution is 9.10. The van der Waals surface area contributed by atoms with Gasteiger partial charge in [0.1, 0.15) is 0 Å². The van der Waals surface area contributed by atoms with Gasteiger partial charge in [0.2, 0.25) is 0 Å². The third kappa shape index (κ3) is 4.03. The van der Waals surface area contributed by atoms with E-state index >= 15 is 0 Å². The normalized spacial score (nSPS) is 18.6. The van der Waals surface area contributed by atoms with Crippen molar-refractivity contribution in [2.24, 2.45) is 10.4 Å². The predicted octanol–water partition coefficient (Wildman–Crippen LogP) is 3.67. The summed E-state index contributed by atoms with van der Waals surface area (Å²) < 4.78 is 1.12. The van der Waals surface area contributed by atoms with Crippen LogP contribution in [0.3, 0.4) is 0 Å². The fraction of sp³-hybridized carbons (Fsp3) is 0.462. The van der Waals surface area contributed by atoms with E-state index in [1.165, 1.54) is 5.56 Å². The van der Waals surface area contributed by atoms with Crippen molar-refractivity contribution >= 4 is 32.9 Å². The molecular formula is C13H17BrN2S. The average molecular weight is 313 g/mol. The van der Waals surface area contributed by atoms with E-state index in [0.717, 1.165) is 28.5 Å². The summed E-state index contributed by atoms with van der Waals surface area (Å²) in [5, 5.41) is 4.47. The summed E-state index contributed by atoms with van der Waals surface area (Å²) in [6, 6.07) is 8.37. The molecule has 1 aliphatic rings. The first-order chi connectivity index (χ1) is 8.05. The zero-order valence-electron chi connectivity index (χ0n) is 10.2. The molecule has 0 radical (unpaired) electrons. The van der Waals surface area contributed by atoms with Crippen LogP contribution in [0.2, 0.25) is 0 Å². The first-order valence-electron chi connectivity index (χ1n) is 5.71. The maximum absolute atomic E-state index is 4.57. The van der Waals surface area contributed by atoms with Crippen molar-refractivity contribution in [3.63, 3.8) is 0 Å². The van der Waals surface area contributed by atoms with Crippen LogP contribution >= 0.6 is 27.7 Å². The summed E-state index contributed by atoms with van der Waals surface area (Å²) in [6.07, 6.45) is 0. The highest BCUT2D eigenvalue weighted by Gasteiger charge is 2.22. The number of thioether (sulfide) groups is 1. The fourth-order valence-electron chi connectivity index (χ4n) is 1.53. The lowest BCUT2D eigenvalue weighted by atomic mass is 9.97. The molecule has 0 unspecified atom stereocenters. The Hall–Kier alpha value is -0.480. The quantitative estimate of drug-likeness (QED) is 0.901. The minimum Gasteiger partial charge on any atom is -0.361 e. The van der Waals surface area contributed by atoms with Crippen molar-refractivity contribution in [1.29, 1.82) is 0 Å². The van der Waals surface area contributed by atoms with E-state index < -0.39 is 0 Å². The molecule has 2 nitrogen and oxygen atoms in total. The second-order valence-electron chi connectivity index (χ2n) is 5.05. The minimum atomic E-state index is 0.341.